The molecule has 0 aliphatic rings. The van der Waals surface area contributed by atoms with Gasteiger partial charge < -0.3 is 5.32 Å². The Hall–Kier alpha value is 0.0600. The Bertz CT molecular complexity index is 116. The Morgan fingerprint density at radius 3 is 2.20 bits per heavy atom. The van der Waals surface area contributed by atoms with Gasteiger partial charge in [0.15, 0.2) is 0 Å². The van der Waals surface area contributed by atoms with Gasteiger partial charge in [0, 0.05) is 0 Å². The van der Waals surface area contributed by atoms with Gasteiger partial charge in [-0.25, -0.2) is 0 Å². The molecular weight excluding hydrogens is 145 g/mol. The van der Waals surface area contributed by atoms with Crippen molar-refractivity contribution in [3.8, 4) is 0 Å². The SMILES string of the molecule is CNC(C(C)=O)C(C)PC. The normalized spacial score (nSPS) is 17.6. The predicted octanol–water partition coefficient (Wildman–Crippen LogP) is 0.860. The van der Waals surface area contributed by atoms with E-state index in [2.05, 4.69) is 18.9 Å². The highest BCUT2D eigenvalue weighted by Gasteiger charge is 2.17. The fourth-order valence-corrected chi connectivity index (χ4v) is 1.71. The van der Waals surface area contributed by atoms with E-state index in [0.717, 1.165) is 8.58 Å². The summed E-state index contributed by atoms with van der Waals surface area (Å²) < 4.78 is 0. The number of carbonyl (C=O) groups is 1. The summed E-state index contributed by atoms with van der Waals surface area (Å²) in [5.41, 5.74) is 0.475. The van der Waals surface area contributed by atoms with Crippen molar-refractivity contribution in [2.75, 3.05) is 13.7 Å². The first-order valence-electron chi connectivity index (χ1n) is 3.48. The van der Waals surface area contributed by atoms with E-state index in [9.17, 15) is 4.79 Å². The average Bonchev–Trinajstić information content (AvgIpc) is 1.88. The van der Waals surface area contributed by atoms with Crippen molar-refractivity contribution in [3.05, 3.63) is 0 Å². The third-order valence-corrected chi connectivity index (χ3v) is 2.95. The van der Waals surface area contributed by atoms with E-state index in [-0.39, 0.29) is 11.8 Å². The molecule has 0 aliphatic carbocycles. The molecule has 0 spiro atoms. The van der Waals surface area contributed by atoms with Gasteiger partial charge in [0.2, 0.25) is 0 Å². The number of Topliss-reactive ketones (excluding diaryl/α,β-unsaturated/α-hetero) is 1. The number of rotatable bonds is 4. The van der Waals surface area contributed by atoms with Crippen molar-refractivity contribution < 1.29 is 4.79 Å². The maximum Gasteiger partial charge on any atom is 0.147 e. The smallest absolute Gasteiger partial charge is 0.147 e. The van der Waals surface area contributed by atoms with E-state index < -0.39 is 0 Å². The molecule has 2 nitrogen and oxygen atoms in total. The average molecular weight is 161 g/mol. The van der Waals surface area contributed by atoms with Crippen molar-refractivity contribution in [1.29, 1.82) is 0 Å². The molecule has 0 amide bonds. The van der Waals surface area contributed by atoms with Crippen LogP contribution < -0.4 is 5.32 Å². The van der Waals surface area contributed by atoms with E-state index in [0.29, 0.717) is 5.66 Å². The molecule has 3 atom stereocenters. The van der Waals surface area contributed by atoms with Crippen LogP contribution in [0, 0.1) is 0 Å². The molecular formula is C7H16NOP. The van der Waals surface area contributed by atoms with Crippen molar-refractivity contribution in [1.82, 2.24) is 5.32 Å². The monoisotopic (exact) mass is 161 g/mol. The minimum atomic E-state index is 0.0586. The van der Waals surface area contributed by atoms with Gasteiger partial charge in [-0.15, -0.1) is 8.58 Å². The van der Waals surface area contributed by atoms with Gasteiger partial charge in [-0.3, -0.25) is 4.79 Å². The number of likely N-dealkylation sites (N-methyl/N-ethyl adjacent to an activating group) is 1. The molecule has 0 aromatic carbocycles. The first-order chi connectivity index (χ1) is 4.63. The molecule has 0 bridgehead atoms. The number of ketones is 1. The van der Waals surface area contributed by atoms with Crippen LogP contribution in [-0.2, 0) is 4.79 Å². The number of hydrogen-bond donors (Lipinski definition) is 1. The van der Waals surface area contributed by atoms with E-state index in [1.165, 1.54) is 0 Å². The first-order valence-corrected chi connectivity index (χ1v) is 5.06. The lowest BCUT2D eigenvalue weighted by Crippen LogP contribution is -2.39. The molecule has 0 rings (SSSR count). The summed E-state index contributed by atoms with van der Waals surface area (Å²) in [5.74, 6) is 0.240. The summed E-state index contributed by atoms with van der Waals surface area (Å²) in [5, 5.41) is 3.01. The number of carbonyl (C=O) groups excluding carboxylic acids is 1. The Balaban J connectivity index is 3.92. The van der Waals surface area contributed by atoms with E-state index in [4.69, 9.17) is 0 Å². The zero-order valence-corrected chi connectivity index (χ0v) is 8.06. The third kappa shape index (κ3) is 2.76. The quantitative estimate of drug-likeness (QED) is 0.619. The van der Waals surface area contributed by atoms with E-state index >= 15 is 0 Å². The van der Waals surface area contributed by atoms with Crippen LogP contribution >= 0.6 is 8.58 Å². The zero-order chi connectivity index (χ0) is 8.15. The Morgan fingerprint density at radius 2 is 2.10 bits per heavy atom. The summed E-state index contributed by atoms with van der Waals surface area (Å²) in [6, 6.07) is 0.0586. The fraction of sp³-hybridized carbons (Fsp3) is 0.857. The molecule has 1 N–H and O–H groups in total. The number of nitrogens with one attached hydrogen (secondary N) is 1. The fourth-order valence-electron chi connectivity index (χ4n) is 0.972. The molecule has 0 radical (unpaired) electrons. The van der Waals surface area contributed by atoms with Crippen LogP contribution in [0.1, 0.15) is 13.8 Å². The van der Waals surface area contributed by atoms with Crippen LogP contribution in [0.2, 0.25) is 0 Å². The molecule has 0 saturated carbocycles. The van der Waals surface area contributed by atoms with Crippen LogP contribution in [0.3, 0.4) is 0 Å². The second-order valence-corrected chi connectivity index (χ2v) is 3.94. The Kier molecular flexibility index (Phi) is 4.84. The van der Waals surface area contributed by atoms with Crippen LogP contribution in [0.15, 0.2) is 0 Å². The lowest BCUT2D eigenvalue weighted by molar-refractivity contribution is -0.118. The molecule has 0 aromatic heterocycles. The van der Waals surface area contributed by atoms with Crippen LogP contribution in [-0.4, -0.2) is 31.2 Å². The Morgan fingerprint density at radius 1 is 1.60 bits per heavy atom. The van der Waals surface area contributed by atoms with Crippen molar-refractivity contribution in [3.63, 3.8) is 0 Å². The maximum absolute atomic E-state index is 10.9. The third-order valence-electron chi connectivity index (χ3n) is 1.70. The highest BCUT2D eigenvalue weighted by atomic mass is 31.1. The molecule has 3 heteroatoms. The first kappa shape index (κ1) is 10.1. The van der Waals surface area contributed by atoms with Crippen molar-refractivity contribution >= 4 is 14.4 Å². The van der Waals surface area contributed by atoms with Gasteiger partial charge in [-0.05, 0) is 26.3 Å². The molecule has 60 valence electrons. The lowest BCUT2D eigenvalue weighted by Gasteiger charge is -2.18. The van der Waals surface area contributed by atoms with Gasteiger partial charge in [0.25, 0.3) is 0 Å². The number of hydrogen-bond acceptors (Lipinski definition) is 2. The highest BCUT2D eigenvalue weighted by molar-refractivity contribution is 7.38. The molecule has 0 aliphatic heterocycles. The van der Waals surface area contributed by atoms with Crippen LogP contribution in [0.5, 0.6) is 0 Å². The molecule has 3 unspecified atom stereocenters. The molecule has 0 saturated heterocycles. The minimum absolute atomic E-state index is 0.0586. The summed E-state index contributed by atoms with van der Waals surface area (Å²) in [6.45, 7) is 5.86. The van der Waals surface area contributed by atoms with Gasteiger partial charge >= 0.3 is 0 Å². The topological polar surface area (TPSA) is 29.1 Å². The molecule has 0 heterocycles. The summed E-state index contributed by atoms with van der Waals surface area (Å²) in [6.07, 6.45) is 0. The van der Waals surface area contributed by atoms with E-state index in [1.54, 1.807) is 6.92 Å². The predicted molar refractivity (Wildman–Crippen MR) is 47.2 cm³/mol. The Labute approximate surface area is 64.6 Å². The van der Waals surface area contributed by atoms with Crippen molar-refractivity contribution in [2.24, 2.45) is 0 Å². The second kappa shape index (κ2) is 4.81. The largest absolute Gasteiger partial charge is 0.310 e. The van der Waals surface area contributed by atoms with Crippen LogP contribution in [0.4, 0.5) is 0 Å². The van der Waals surface area contributed by atoms with Gasteiger partial charge in [0.1, 0.15) is 5.78 Å². The van der Waals surface area contributed by atoms with Crippen molar-refractivity contribution in [2.45, 2.75) is 25.5 Å². The molecule has 0 fully saturated rings. The second-order valence-electron chi connectivity index (χ2n) is 2.45. The van der Waals surface area contributed by atoms with E-state index in [1.807, 2.05) is 7.05 Å². The van der Waals surface area contributed by atoms with Gasteiger partial charge in [-0.2, -0.15) is 0 Å². The summed E-state index contributed by atoms with van der Waals surface area (Å²) in [4.78, 5) is 10.9. The molecule has 10 heavy (non-hydrogen) atoms. The van der Waals surface area contributed by atoms with Gasteiger partial charge in [-0.1, -0.05) is 6.92 Å². The maximum atomic E-state index is 10.9. The summed E-state index contributed by atoms with van der Waals surface area (Å²) >= 11 is 0. The standard InChI is InChI=1S/C7H16NOP/c1-5(9)7(8-3)6(2)10-4/h6-8,10H,1-4H3. The van der Waals surface area contributed by atoms with Crippen LogP contribution in [0.25, 0.3) is 0 Å². The lowest BCUT2D eigenvalue weighted by atomic mass is 10.1. The van der Waals surface area contributed by atoms with Gasteiger partial charge in [0.05, 0.1) is 6.04 Å². The highest BCUT2D eigenvalue weighted by Crippen LogP contribution is 2.16. The zero-order valence-electron chi connectivity index (χ0n) is 7.06. The molecule has 0 aromatic rings. The summed E-state index contributed by atoms with van der Waals surface area (Å²) in [7, 11) is 2.66. The minimum Gasteiger partial charge on any atom is -0.310 e.